The van der Waals surface area contributed by atoms with Crippen LogP contribution in [0.2, 0.25) is 0 Å². The third kappa shape index (κ3) is 5.75. The van der Waals surface area contributed by atoms with Gasteiger partial charge in [-0.05, 0) is 42.7 Å². The molecule has 0 bridgehead atoms. The van der Waals surface area contributed by atoms with E-state index in [9.17, 15) is 22.8 Å². The van der Waals surface area contributed by atoms with Gasteiger partial charge in [-0.25, -0.2) is 18.0 Å². The molecule has 166 valence electrons. The van der Waals surface area contributed by atoms with E-state index in [-0.39, 0.29) is 18.9 Å². The van der Waals surface area contributed by atoms with Gasteiger partial charge >= 0.3 is 6.03 Å². The number of carbonyl (C=O) groups excluding carboxylic acids is 2. The average molecular weight is 435 g/mol. The largest absolute Gasteiger partial charge is 0.381 e. The zero-order chi connectivity index (χ0) is 22.3. The number of rotatable bonds is 7. The summed E-state index contributed by atoms with van der Waals surface area (Å²) >= 11 is 0. The summed E-state index contributed by atoms with van der Waals surface area (Å²) < 4.78 is 46.4. The van der Waals surface area contributed by atoms with Crippen LogP contribution in [0.15, 0.2) is 42.5 Å². The van der Waals surface area contributed by atoms with Crippen molar-refractivity contribution in [2.75, 3.05) is 32.8 Å². The van der Waals surface area contributed by atoms with Gasteiger partial charge in [-0.1, -0.05) is 18.2 Å². The molecular formula is C22H24F3N3O3. The third-order valence-electron chi connectivity index (χ3n) is 5.36. The van der Waals surface area contributed by atoms with Crippen molar-refractivity contribution in [2.24, 2.45) is 0 Å². The van der Waals surface area contributed by atoms with E-state index in [1.807, 2.05) is 6.07 Å². The Balaban J connectivity index is 1.48. The number of ether oxygens (including phenoxy) is 1. The van der Waals surface area contributed by atoms with Crippen molar-refractivity contribution in [3.05, 3.63) is 71.0 Å². The average Bonchev–Trinajstić information content (AvgIpc) is 2.76. The molecular weight excluding hydrogens is 411 g/mol. The monoisotopic (exact) mass is 435 g/mol. The van der Waals surface area contributed by atoms with Gasteiger partial charge in [-0.3, -0.25) is 4.79 Å². The van der Waals surface area contributed by atoms with Gasteiger partial charge in [0.15, 0.2) is 0 Å². The predicted molar refractivity (Wildman–Crippen MR) is 108 cm³/mol. The van der Waals surface area contributed by atoms with E-state index in [1.54, 1.807) is 6.07 Å². The topological polar surface area (TPSA) is 79.5 Å². The first-order valence-corrected chi connectivity index (χ1v) is 9.99. The van der Waals surface area contributed by atoms with Crippen LogP contribution < -0.4 is 16.0 Å². The van der Waals surface area contributed by atoms with Crippen LogP contribution >= 0.6 is 0 Å². The van der Waals surface area contributed by atoms with Crippen LogP contribution in [0.25, 0.3) is 0 Å². The second-order valence-electron chi connectivity index (χ2n) is 7.37. The molecule has 1 aliphatic heterocycles. The van der Waals surface area contributed by atoms with Crippen LogP contribution in [-0.4, -0.2) is 44.8 Å². The smallest absolute Gasteiger partial charge is 0.314 e. The molecule has 0 saturated carbocycles. The van der Waals surface area contributed by atoms with Crippen molar-refractivity contribution < 1.29 is 27.5 Å². The number of benzene rings is 2. The first-order chi connectivity index (χ1) is 14.9. The van der Waals surface area contributed by atoms with Crippen LogP contribution in [0.5, 0.6) is 0 Å². The van der Waals surface area contributed by atoms with Gasteiger partial charge in [0.25, 0.3) is 5.91 Å². The molecule has 31 heavy (non-hydrogen) atoms. The zero-order valence-electron chi connectivity index (χ0n) is 16.8. The molecule has 3 N–H and O–H groups in total. The second kappa shape index (κ2) is 10.3. The Hall–Kier alpha value is -3.07. The SMILES string of the molecule is O=C(NCCNC(=O)c1c(F)cccc1F)NCC1(c2cccc(F)c2)CCOCC1. The Bertz CT molecular complexity index is 913. The maximum Gasteiger partial charge on any atom is 0.314 e. The van der Waals surface area contributed by atoms with E-state index >= 15 is 0 Å². The molecule has 9 heteroatoms. The van der Waals surface area contributed by atoms with E-state index < -0.39 is 34.6 Å². The molecule has 1 heterocycles. The molecule has 0 atom stereocenters. The first kappa shape index (κ1) is 22.6. The number of urea groups is 1. The lowest BCUT2D eigenvalue weighted by molar-refractivity contribution is 0.0506. The number of hydrogen-bond acceptors (Lipinski definition) is 3. The summed E-state index contributed by atoms with van der Waals surface area (Å²) in [4.78, 5) is 24.1. The quantitative estimate of drug-likeness (QED) is 0.586. The molecule has 6 nitrogen and oxygen atoms in total. The van der Waals surface area contributed by atoms with Crippen LogP contribution in [0.3, 0.4) is 0 Å². The van der Waals surface area contributed by atoms with Crippen LogP contribution in [0.1, 0.15) is 28.8 Å². The van der Waals surface area contributed by atoms with E-state index in [0.717, 1.165) is 17.7 Å². The van der Waals surface area contributed by atoms with Gasteiger partial charge in [0.2, 0.25) is 0 Å². The Kier molecular flexibility index (Phi) is 7.51. The van der Waals surface area contributed by atoms with Gasteiger partial charge in [0, 0.05) is 38.3 Å². The number of amides is 3. The highest BCUT2D eigenvalue weighted by atomic mass is 19.1. The molecule has 0 aromatic heterocycles. The van der Waals surface area contributed by atoms with E-state index in [2.05, 4.69) is 16.0 Å². The molecule has 0 spiro atoms. The first-order valence-electron chi connectivity index (χ1n) is 9.99. The molecule has 1 aliphatic rings. The minimum Gasteiger partial charge on any atom is -0.381 e. The molecule has 3 amide bonds. The highest BCUT2D eigenvalue weighted by molar-refractivity contribution is 5.94. The Labute approximate surface area is 178 Å². The second-order valence-corrected chi connectivity index (χ2v) is 7.37. The van der Waals surface area contributed by atoms with Gasteiger partial charge in [-0.15, -0.1) is 0 Å². The summed E-state index contributed by atoms with van der Waals surface area (Å²) in [5.74, 6) is -3.15. The van der Waals surface area contributed by atoms with Crippen molar-refractivity contribution in [1.29, 1.82) is 0 Å². The summed E-state index contributed by atoms with van der Waals surface area (Å²) in [5.41, 5.74) is -0.298. The summed E-state index contributed by atoms with van der Waals surface area (Å²) in [5, 5.41) is 7.73. The third-order valence-corrected chi connectivity index (χ3v) is 5.36. The molecule has 0 unspecified atom stereocenters. The van der Waals surface area contributed by atoms with Crippen molar-refractivity contribution in [3.8, 4) is 0 Å². The van der Waals surface area contributed by atoms with E-state index in [0.29, 0.717) is 32.6 Å². The van der Waals surface area contributed by atoms with Crippen molar-refractivity contribution in [1.82, 2.24) is 16.0 Å². The lowest BCUT2D eigenvalue weighted by atomic mass is 9.74. The van der Waals surface area contributed by atoms with Crippen LogP contribution in [0, 0.1) is 17.5 Å². The minimum atomic E-state index is -0.956. The fourth-order valence-corrected chi connectivity index (χ4v) is 3.62. The lowest BCUT2D eigenvalue weighted by Crippen LogP contribution is -2.48. The lowest BCUT2D eigenvalue weighted by Gasteiger charge is -2.38. The number of hydrogen-bond donors (Lipinski definition) is 3. The molecule has 0 radical (unpaired) electrons. The number of carbonyl (C=O) groups is 2. The molecule has 0 aliphatic carbocycles. The minimum absolute atomic E-state index is 0.0110. The summed E-state index contributed by atoms with van der Waals surface area (Å²) in [6.45, 7) is 1.36. The zero-order valence-corrected chi connectivity index (χ0v) is 16.8. The van der Waals surface area contributed by atoms with Crippen molar-refractivity contribution in [3.63, 3.8) is 0 Å². The Morgan fingerprint density at radius 1 is 0.903 bits per heavy atom. The van der Waals surface area contributed by atoms with Crippen molar-refractivity contribution >= 4 is 11.9 Å². The molecule has 2 aromatic carbocycles. The molecule has 1 saturated heterocycles. The highest BCUT2D eigenvalue weighted by Gasteiger charge is 2.35. The normalized spacial score (nSPS) is 15.2. The molecule has 2 aromatic rings. The summed E-state index contributed by atoms with van der Waals surface area (Å²) in [7, 11) is 0. The predicted octanol–water partition coefficient (Wildman–Crippen LogP) is 2.88. The maximum absolute atomic E-state index is 13.7. The summed E-state index contributed by atoms with van der Waals surface area (Å²) in [6.07, 6.45) is 1.28. The van der Waals surface area contributed by atoms with E-state index in [1.165, 1.54) is 18.2 Å². The van der Waals surface area contributed by atoms with Gasteiger partial charge in [0.05, 0.1) is 0 Å². The van der Waals surface area contributed by atoms with Crippen LogP contribution in [-0.2, 0) is 10.2 Å². The Morgan fingerprint density at radius 3 is 2.23 bits per heavy atom. The highest BCUT2D eigenvalue weighted by Crippen LogP contribution is 2.34. The standard InChI is InChI=1S/C22H24F3N3O3/c23-16-4-1-3-15(13-16)22(7-11-31-12-8-22)14-28-21(30)27-10-9-26-20(29)19-17(24)5-2-6-18(19)25/h1-6,13H,7-12,14H2,(H,26,29)(H2,27,28,30). The van der Waals surface area contributed by atoms with Gasteiger partial charge < -0.3 is 20.7 Å². The maximum atomic E-state index is 13.7. The number of nitrogens with one attached hydrogen (secondary N) is 3. The van der Waals surface area contributed by atoms with Gasteiger partial charge in [-0.2, -0.15) is 0 Å². The molecule has 3 rings (SSSR count). The summed E-state index contributed by atoms with van der Waals surface area (Å²) in [6, 6.07) is 9.02. The number of halogens is 3. The molecule has 1 fully saturated rings. The van der Waals surface area contributed by atoms with Crippen molar-refractivity contribution in [2.45, 2.75) is 18.3 Å². The van der Waals surface area contributed by atoms with Gasteiger partial charge in [0.1, 0.15) is 23.0 Å². The van der Waals surface area contributed by atoms with E-state index in [4.69, 9.17) is 4.74 Å². The fourth-order valence-electron chi connectivity index (χ4n) is 3.62. The van der Waals surface area contributed by atoms with Crippen LogP contribution in [0.4, 0.5) is 18.0 Å². The Morgan fingerprint density at radius 2 is 1.55 bits per heavy atom. The fraction of sp³-hybridized carbons (Fsp3) is 0.364.